The highest BCUT2D eigenvalue weighted by molar-refractivity contribution is 7.16. The number of aromatic nitrogens is 1. The smallest absolute Gasteiger partial charge is 0.224 e. The number of rotatable bonds is 5. The molecule has 0 N–H and O–H groups in total. The minimum absolute atomic E-state index is 0.0169. The summed E-state index contributed by atoms with van der Waals surface area (Å²) >= 11 is 1.61. The molecule has 2 heterocycles. The van der Waals surface area contributed by atoms with Crippen molar-refractivity contribution < 1.29 is 9.53 Å². The van der Waals surface area contributed by atoms with Gasteiger partial charge >= 0.3 is 0 Å². The summed E-state index contributed by atoms with van der Waals surface area (Å²) < 4.78 is 5.43. The van der Waals surface area contributed by atoms with E-state index in [0.717, 1.165) is 53.7 Å². The van der Waals surface area contributed by atoms with E-state index in [1.807, 2.05) is 25.1 Å². The van der Waals surface area contributed by atoms with E-state index >= 15 is 0 Å². The summed E-state index contributed by atoms with van der Waals surface area (Å²) in [6.07, 6.45) is 3.10. The monoisotopic (exact) mass is 369 g/mol. The number of ether oxygens (including phenoxy) is 1. The number of carbonyl (C=O) groups excluding carboxylic acids is 1. The molecule has 0 radical (unpaired) electrons. The van der Waals surface area contributed by atoms with Gasteiger partial charge < -0.3 is 4.74 Å². The van der Waals surface area contributed by atoms with Gasteiger partial charge in [-0.15, -0.1) is 11.3 Å². The summed E-state index contributed by atoms with van der Waals surface area (Å²) in [7, 11) is 0. The highest BCUT2D eigenvalue weighted by Crippen LogP contribution is 2.32. The summed E-state index contributed by atoms with van der Waals surface area (Å²) in [4.78, 5) is 18.8. The maximum atomic E-state index is 12.3. The first-order valence-corrected chi connectivity index (χ1v) is 9.69. The first-order chi connectivity index (χ1) is 12.6. The summed E-state index contributed by atoms with van der Waals surface area (Å²) in [6.45, 7) is 5.64. The molecule has 0 spiro atoms. The third kappa shape index (κ3) is 4.48. The second-order valence-electron chi connectivity index (χ2n) is 6.68. The molecule has 2 aromatic rings. The molecule has 1 saturated heterocycles. The second-order valence-corrected chi connectivity index (χ2v) is 7.74. The predicted molar refractivity (Wildman–Crippen MR) is 102 cm³/mol. The number of benzene rings is 1. The van der Waals surface area contributed by atoms with Gasteiger partial charge in [0, 0.05) is 26.6 Å². The average molecular weight is 369 g/mol. The number of aryl methyl sites for hydroxylation is 1. The number of carbonyl (C=O) groups is 1. The van der Waals surface area contributed by atoms with Crippen LogP contribution in [0.3, 0.4) is 0 Å². The molecular formula is C20H23N3O2S. The maximum absolute atomic E-state index is 12.3. The Morgan fingerprint density at radius 2 is 2.19 bits per heavy atom. The lowest BCUT2D eigenvalue weighted by Crippen LogP contribution is -2.27. The van der Waals surface area contributed by atoms with E-state index in [9.17, 15) is 4.79 Å². The summed E-state index contributed by atoms with van der Waals surface area (Å²) in [5.74, 6) is 0.594. The normalized spacial score (nSPS) is 14.8. The second kappa shape index (κ2) is 8.43. The zero-order chi connectivity index (χ0) is 18.5. The zero-order valence-electron chi connectivity index (χ0n) is 15.2. The van der Waals surface area contributed by atoms with Crippen molar-refractivity contribution in [2.45, 2.75) is 39.7 Å². The molecule has 0 atom stereocenters. The zero-order valence-corrected chi connectivity index (χ0v) is 16.0. The highest BCUT2D eigenvalue weighted by atomic mass is 32.1. The molecule has 1 aromatic carbocycles. The van der Waals surface area contributed by atoms with E-state index in [1.165, 1.54) is 0 Å². The third-order valence-electron chi connectivity index (χ3n) is 4.64. The van der Waals surface area contributed by atoms with Crippen molar-refractivity contribution in [3.05, 3.63) is 46.1 Å². The Hall–Kier alpha value is -2.23. The van der Waals surface area contributed by atoms with Crippen molar-refractivity contribution in [2.75, 3.05) is 18.1 Å². The van der Waals surface area contributed by atoms with Gasteiger partial charge in [-0.3, -0.25) is 9.69 Å². The van der Waals surface area contributed by atoms with Gasteiger partial charge in [-0.2, -0.15) is 5.26 Å². The topological polar surface area (TPSA) is 66.2 Å². The van der Waals surface area contributed by atoms with Crippen molar-refractivity contribution in [3.63, 3.8) is 0 Å². The van der Waals surface area contributed by atoms with Crippen LogP contribution in [0.4, 0.5) is 5.00 Å². The van der Waals surface area contributed by atoms with Crippen LogP contribution in [0.15, 0.2) is 24.3 Å². The van der Waals surface area contributed by atoms with Crippen molar-refractivity contribution >= 4 is 22.2 Å². The molecule has 0 bridgehead atoms. The van der Waals surface area contributed by atoms with Gasteiger partial charge in [-0.05, 0) is 43.4 Å². The van der Waals surface area contributed by atoms with E-state index in [-0.39, 0.29) is 5.91 Å². The molecule has 26 heavy (non-hydrogen) atoms. The van der Waals surface area contributed by atoms with E-state index in [4.69, 9.17) is 15.0 Å². The first kappa shape index (κ1) is 18.6. The van der Waals surface area contributed by atoms with Crippen LogP contribution in [0, 0.1) is 24.2 Å². The molecular weight excluding hydrogens is 346 g/mol. The fraction of sp³-hybridized carbons (Fsp3) is 0.450. The molecule has 5 nitrogen and oxygen atoms in total. The maximum Gasteiger partial charge on any atom is 0.224 e. The number of anilines is 1. The average Bonchev–Trinajstić information content (AvgIpc) is 3.00. The standard InChI is InChI=1S/C20H23N3O2S/c1-14-20(26-19(22-14)11-16-6-8-25-9-7-16)23(15(2)24)13-18-5-3-4-17(10-18)12-21/h3-5,10,16H,6-9,11,13H2,1-2H3. The summed E-state index contributed by atoms with van der Waals surface area (Å²) in [6, 6.07) is 9.54. The molecule has 1 fully saturated rings. The Morgan fingerprint density at radius 3 is 2.88 bits per heavy atom. The molecule has 6 heteroatoms. The third-order valence-corrected chi connectivity index (χ3v) is 5.85. The van der Waals surface area contributed by atoms with Crippen LogP contribution >= 0.6 is 11.3 Å². The van der Waals surface area contributed by atoms with Crippen molar-refractivity contribution in [1.82, 2.24) is 4.98 Å². The highest BCUT2D eigenvalue weighted by Gasteiger charge is 2.21. The Balaban J connectivity index is 1.79. The van der Waals surface area contributed by atoms with Crippen LogP contribution in [0.5, 0.6) is 0 Å². The quantitative estimate of drug-likeness (QED) is 0.803. The molecule has 136 valence electrons. The number of hydrogen-bond acceptors (Lipinski definition) is 5. The SMILES string of the molecule is CC(=O)N(Cc1cccc(C#N)c1)c1sc(CC2CCOCC2)nc1C. The molecule has 3 rings (SSSR count). The van der Waals surface area contributed by atoms with Gasteiger partial charge in [0.1, 0.15) is 5.00 Å². The van der Waals surface area contributed by atoms with Crippen LogP contribution in [-0.2, 0) is 22.5 Å². The Morgan fingerprint density at radius 1 is 1.42 bits per heavy atom. The Bertz CT molecular complexity index is 819. The van der Waals surface area contributed by atoms with Gasteiger partial charge in [0.05, 0.1) is 28.9 Å². The Kier molecular flexibility index (Phi) is 6.02. The van der Waals surface area contributed by atoms with E-state index in [0.29, 0.717) is 18.0 Å². The number of thiazole rings is 1. The van der Waals surface area contributed by atoms with Crippen LogP contribution in [0.1, 0.15) is 41.6 Å². The Labute approximate surface area is 158 Å². The number of nitriles is 1. The molecule has 1 aromatic heterocycles. The van der Waals surface area contributed by atoms with E-state index in [2.05, 4.69) is 6.07 Å². The number of hydrogen-bond donors (Lipinski definition) is 0. The van der Waals surface area contributed by atoms with Crippen molar-refractivity contribution in [2.24, 2.45) is 5.92 Å². The summed E-state index contributed by atoms with van der Waals surface area (Å²) in [5.41, 5.74) is 2.44. The minimum atomic E-state index is -0.0169. The molecule has 1 amide bonds. The van der Waals surface area contributed by atoms with E-state index < -0.39 is 0 Å². The lowest BCUT2D eigenvalue weighted by molar-refractivity contribution is -0.116. The number of amides is 1. The molecule has 0 unspecified atom stereocenters. The fourth-order valence-electron chi connectivity index (χ4n) is 3.23. The molecule has 0 saturated carbocycles. The van der Waals surface area contributed by atoms with Gasteiger partial charge in [0.15, 0.2) is 0 Å². The molecule has 0 aliphatic carbocycles. The minimum Gasteiger partial charge on any atom is -0.381 e. The van der Waals surface area contributed by atoms with Crippen molar-refractivity contribution in [3.8, 4) is 6.07 Å². The van der Waals surface area contributed by atoms with Gasteiger partial charge in [-0.1, -0.05) is 12.1 Å². The van der Waals surface area contributed by atoms with E-state index in [1.54, 1.807) is 29.2 Å². The van der Waals surface area contributed by atoms with Crippen LogP contribution in [0.2, 0.25) is 0 Å². The first-order valence-electron chi connectivity index (χ1n) is 8.88. The largest absolute Gasteiger partial charge is 0.381 e. The molecule has 1 aliphatic rings. The number of nitrogens with zero attached hydrogens (tertiary/aromatic N) is 3. The fourth-order valence-corrected chi connectivity index (χ4v) is 4.45. The van der Waals surface area contributed by atoms with Crippen LogP contribution in [0.25, 0.3) is 0 Å². The van der Waals surface area contributed by atoms with Crippen molar-refractivity contribution in [1.29, 1.82) is 5.26 Å². The van der Waals surface area contributed by atoms with Crippen LogP contribution < -0.4 is 4.90 Å². The van der Waals surface area contributed by atoms with Gasteiger partial charge in [0.25, 0.3) is 0 Å². The lowest BCUT2D eigenvalue weighted by Gasteiger charge is -2.21. The molecule has 1 aliphatic heterocycles. The van der Waals surface area contributed by atoms with Crippen LogP contribution in [-0.4, -0.2) is 24.1 Å². The summed E-state index contributed by atoms with van der Waals surface area (Å²) in [5, 5.41) is 11.1. The van der Waals surface area contributed by atoms with Gasteiger partial charge in [-0.25, -0.2) is 4.98 Å². The van der Waals surface area contributed by atoms with Gasteiger partial charge in [0.2, 0.25) is 5.91 Å². The predicted octanol–water partition coefficient (Wildman–Crippen LogP) is 3.85. The lowest BCUT2D eigenvalue weighted by atomic mass is 9.97.